The van der Waals surface area contributed by atoms with Crippen molar-refractivity contribution in [3.05, 3.63) is 53.1 Å². The highest BCUT2D eigenvalue weighted by Crippen LogP contribution is 2.16. The van der Waals surface area contributed by atoms with Crippen LogP contribution in [0.25, 0.3) is 0 Å². The van der Waals surface area contributed by atoms with Gasteiger partial charge in [0.25, 0.3) is 0 Å². The molecule has 1 aromatic heterocycles. The molecule has 0 aliphatic carbocycles. The second-order valence-corrected chi connectivity index (χ2v) is 4.98. The summed E-state index contributed by atoms with van der Waals surface area (Å²) in [5.74, 6) is 0. The molecular weight excluding hydrogens is 246 g/mol. The Morgan fingerprint density at radius 1 is 1.39 bits per heavy atom. The largest absolute Gasteiger partial charge is 0.337 e. The molecule has 1 atom stereocenters. The van der Waals surface area contributed by atoms with Crippen molar-refractivity contribution in [1.82, 2.24) is 14.9 Å². The Bertz CT molecular complexity index is 507. The molecule has 2 aromatic rings. The average Bonchev–Trinajstić information content (AvgIpc) is 2.75. The van der Waals surface area contributed by atoms with Crippen molar-refractivity contribution in [2.45, 2.75) is 25.9 Å². The number of hydrogen-bond donors (Lipinski definition) is 1. The zero-order valence-corrected chi connectivity index (χ0v) is 11.5. The van der Waals surface area contributed by atoms with Gasteiger partial charge in [-0.2, -0.15) is 0 Å². The lowest BCUT2D eigenvalue weighted by Crippen LogP contribution is -2.28. The van der Waals surface area contributed by atoms with Gasteiger partial charge in [-0.1, -0.05) is 29.8 Å². The number of nitrogens with one attached hydrogen (secondary N) is 1. The lowest BCUT2D eigenvalue weighted by Gasteiger charge is -2.14. The molecule has 0 aliphatic heterocycles. The minimum absolute atomic E-state index is 0.375. The van der Waals surface area contributed by atoms with E-state index in [2.05, 4.69) is 23.3 Å². The normalized spacial score (nSPS) is 12.6. The molecule has 18 heavy (non-hydrogen) atoms. The summed E-state index contributed by atoms with van der Waals surface area (Å²) in [5, 5.41) is 4.32. The Balaban J connectivity index is 1.88. The third-order valence-electron chi connectivity index (χ3n) is 3.03. The molecule has 0 spiro atoms. The van der Waals surface area contributed by atoms with Crippen molar-refractivity contribution in [3.8, 4) is 0 Å². The Morgan fingerprint density at radius 3 is 2.83 bits per heavy atom. The van der Waals surface area contributed by atoms with E-state index in [0.717, 1.165) is 18.0 Å². The van der Waals surface area contributed by atoms with Crippen LogP contribution in [0.3, 0.4) is 0 Å². The van der Waals surface area contributed by atoms with E-state index in [9.17, 15) is 0 Å². The zero-order valence-electron chi connectivity index (χ0n) is 10.7. The van der Waals surface area contributed by atoms with Gasteiger partial charge in [0.2, 0.25) is 0 Å². The summed E-state index contributed by atoms with van der Waals surface area (Å²) < 4.78 is 2.02. The molecule has 1 aromatic carbocycles. The van der Waals surface area contributed by atoms with Crippen LogP contribution in [0.4, 0.5) is 0 Å². The molecule has 3 nitrogen and oxygen atoms in total. The summed E-state index contributed by atoms with van der Waals surface area (Å²) in [5.41, 5.74) is 2.37. The number of rotatable bonds is 5. The zero-order chi connectivity index (χ0) is 13.0. The van der Waals surface area contributed by atoms with Crippen molar-refractivity contribution in [2.24, 2.45) is 7.05 Å². The summed E-state index contributed by atoms with van der Waals surface area (Å²) >= 11 is 6.15. The van der Waals surface area contributed by atoms with Gasteiger partial charge in [0, 0.05) is 30.9 Å². The van der Waals surface area contributed by atoms with E-state index in [1.54, 1.807) is 0 Å². The monoisotopic (exact) mass is 263 g/mol. The second kappa shape index (κ2) is 6.03. The van der Waals surface area contributed by atoms with Crippen molar-refractivity contribution in [1.29, 1.82) is 0 Å². The maximum absolute atomic E-state index is 6.15. The summed E-state index contributed by atoms with van der Waals surface area (Å²) in [7, 11) is 2.00. The highest BCUT2D eigenvalue weighted by atomic mass is 35.5. The standard InChI is InChI=1S/C14H18ClN3/c1-11(7-12-5-3-4-6-14(12)15)17-9-13-8-16-10-18(13)2/h3-6,8,10-11,17H,7,9H2,1-2H3. The first-order chi connectivity index (χ1) is 8.66. The predicted molar refractivity (Wildman–Crippen MR) is 74.7 cm³/mol. The molecule has 0 saturated heterocycles. The molecule has 2 rings (SSSR count). The molecule has 96 valence electrons. The van der Waals surface area contributed by atoms with Gasteiger partial charge >= 0.3 is 0 Å². The molecule has 0 saturated carbocycles. The van der Waals surface area contributed by atoms with Crippen LogP contribution in [0.5, 0.6) is 0 Å². The van der Waals surface area contributed by atoms with Crippen molar-refractivity contribution in [2.75, 3.05) is 0 Å². The third-order valence-corrected chi connectivity index (χ3v) is 3.40. The fraction of sp³-hybridized carbons (Fsp3) is 0.357. The van der Waals surface area contributed by atoms with Gasteiger partial charge in [-0.25, -0.2) is 4.98 Å². The van der Waals surface area contributed by atoms with Gasteiger partial charge in [0.1, 0.15) is 0 Å². The SMILES string of the molecule is CC(Cc1ccccc1Cl)NCc1cncn1C. The molecule has 0 amide bonds. The molecule has 0 aliphatic rings. The highest BCUT2D eigenvalue weighted by molar-refractivity contribution is 6.31. The topological polar surface area (TPSA) is 29.9 Å². The fourth-order valence-electron chi connectivity index (χ4n) is 1.90. The molecule has 1 heterocycles. The number of hydrogen-bond acceptors (Lipinski definition) is 2. The van der Waals surface area contributed by atoms with Crippen molar-refractivity contribution in [3.63, 3.8) is 0 Å². The molecule has 0 bridgehead atoms. The minimum atomic E-state index is 0.375. The molecule has 0 fully saturated rings. The Kier molecular flexibility index (Phi) is 4.39. The fourth-order valence-corrected chi connectivity index (χ4v) is 2.11. The van der Waals surface area contributed by atoms with Crippen LogP contribution in [0.1, 0.15) is 18.2 Å². The van der Waals surface area contributed by atoms with Crippen LogP contribution in [0, 0.1) is 0 Å². The number of imidazole rings is 1. The van der Waals surface area contributed by atoms with E-state index in [1.165, 1.54) is 11.3 Å². The second-order valence-electron chi connectivity index (χ2n) is 4.57. The number of halogens is 1. The van der Waals surface area contributed by atoms with Crippen LogP contribution >= 0.6 is 11.6 Å². The van der Waals surface area contributed by atoms with Gasteiger partial charge in [-0.3, -0.25) is 0 Å². The minimum Gasteiger partial charge on any atom is -0.337 e. The first kappa shape index (κ1) is 13.1. The third kappa shape index (κ3) is 3.34. The predicted octanol–water partition coefficient (Wildman–Crippen LogP) is 2.79. The summed E-state index contributed by atoms with van der Waals surface area (Å²) in [4.78, 5) is 4.10. The van der Waals surface area contributed by atoms with Gasteiger partial charge in [0.15, 0.2) is 0 Å². The first-order valence-electron chi connectivity index (χ1n) is 6.09. The Labute approximate surface area is 113 Å². The van der Waals surface area contributed by atoms with Gasteiger partial charge in [0.05, 0.1) is 12.0 Å². The molecule has 1 N–H and O–H groups in total. The summed E-state index contributed by atoms with van der Waals surface area (Å²) in [6.45, 7) is 2.99. The average molecular weight is 264 g/mol. The van der Waals surface area contributed by atoms with Crippen LogP contribution in [0.15, 0.2) is 36.8 Å². The quantitative estimate of drug-likeness (QED) is 0.899. The highest BCUT2D eigenvalue weighted by Gasteiger charge is 2.07. The van der Waals surface area contributed by atoms with Crippen LogP contribution < -0.4 is 5.32 Å². The number of aromatic nitrogens is 2. The first-order valence-corrected chi connectivity index (χ1v) is 6.46. The number of benzene rings is 1. The van der Waals surface area contributed by atoms with E-state index in [1.807, 2.05) is 42.3 Å². The van der Waals surface area contributed by atoms with Gasteiger partial charge < -0.3 is 9.88 Å². The summed E-state index contributed by atoms with van der Waals surface area (Å²) in [6.07, 6.45) is 4.63. The maximum atomic E-state index is 6.15. The summed E-state index contributed by atoms with van der Waals surface area (Å²) in [6, 6.07) is 8.36. The Hall–Kier alpha value is -1.32. The molecule has 1 unspecified atom stereocenters. The van der Waals surface area contributed by atoms with Gasteiger partial charge in [-0.05, 0) is 25.0 Å². The van der Waals surface area contributed by atoms with E-state index >= 15 is 0 Å². The maximum Gasteiger partial charge on any atom is 0.0945 e. The van der Waals surface area contributed by atoms with Gasteiger partial charge in [-0.15, -0.1) is 0 Å². The van der Waals surface area contributed by atoms with E-state index in [4.69, 9.17) is 11.6 Å². The molecule has 4 heteroatoms. The molecular formula is C14H18ClN3. The lowest BCUT2D eigenvalue weighted by molar-refractivity contribution is 0.533. The van der Waals surface area contributed by atoms with Crippen molar-refractivity contribution >= 4 is 11.6 Å². The van der Waals surface area contributed by atoms with Crippen LogP contribution in [0.2, 0.25) is 5.02 Å². The van der Waals surface area contributed by atoms with Crippen LogP contribution in [-0.4, -0.2) is 15.6 Å². The molecule has 0 radical (unpaired) electrons. The number of nitrogens with zero attached hydrogens (tertiary/aromatic N) is 2. The lowest BCUT2D eigenvalue weighted by atomic mass is 10.1. The smallest absolute Gasteiger partial charge is 0.0945 e. The van der Waals surface area contributed by atoms with Crippen LogP contribution in [-0.2, 0) is 20.0 Å². The Morgan fingerprint density at radius 2 is 2.17 bits per heavy atom. The van der Waals surface area contributed by atoms with E-state index < -0.39 is 0 Å². The number of aryl methyl sites for hydroxylation is 1. The van der Waals surface area contributed by atoms with Crippen molar-refractivity contribution < 1.29 is 0 Å². The van der Waals surface area contributed by atoms with E-state index in [-0.39, 0.29) is 0 Å². The van der Waals surface area contributed by atoms with E-state index in [0.29, 0.717) is 6.04 Å².